The summed E-state index contributed by atoms with van der Waals surface area (Å²) < 4.78 is 6.01. The Kier molecular flexibility index (Phi) is 8.10. The minimum absolute atomic E-state index is 0.140. The fourth-order valence-electron chi connectivity index (χ4n) is 3.99. The van der Waals surface area contributed by atoms with Gasteiger partial charge in [0.05, 0.1) is 11.3 Å². The van der Waals surface area contributed by atoms with Crippen molar-refractivity contribution in [1.29, 1.82) is 0 Å². The zero-order chi connectivity index (χ0) is 22.2. The highest BCUT2D eigenvalue weighted by molar-refractivity contribution is 6.04. The SMILES string of the molecule is CCC(C)c1ccccc1OC(C)C(=O)Nc1ccccc1C(=O)NC1CCCCC1. The van der Waals surface area contributed by atoms with Crippen LogP contribution in [0.4, 0.5) is 5.69 Å². The molecule has 0 radical (unpaired) electrons. The number of anilines is 1. The van der Waals surface area contributed by atoms with Crippen LogP contribution in [0.25, 0.3) is 0 Å². The summed E-state index contributed by atoms with van der Waals surface area (Å²) in [7, 11) is 0. The topological polar surface area (TPSA) is 67.4 Å². The maximum absolute atomic E-state index is 12.9. The number of carbonyl (C=O) groups is 2. The molecule has 0 aromatic heterocycles. The molecular weight excluding hydrogens is 388 g/mol. The Morgan fingerprint density at radius 3 is 2.42 bits per heavy atom. The lowest BCUT2D eigenvalue weighted by Crippen LogP contribution is -2.37. The maximum atomic E-state index is 12.9. The summed E-state index contributed by atoms with van der Waals surface area (Å²) in [6.07, 6.45) is 5.86. The summed E-state index contributed by atoms with van der Waals surface area (Å²) in [5.41, 5.74) is 2.08. The highest BCUT2D eigenvalue weighted by Gasteiger charge is 2.22. The summed E-state index contributed by atoms with van der Waals surface area (Å²) in [5.74, 6) is 0.647. The van der Waals surface area contributed by atoms with Crippen LogP contribution in [0.5, 0.6) is 5.75 Å². The van der Waals surface area contributed by atoms with Crippen molar-refractivity contribution < 1.29 is 14.3 Å². The highest BCUT2D eigenvalue weighted by atomic mass is 16.5. The van der Waals surface area contributed by atoms with Gasteiger partial charge < -0.3 is 15.4 Å². The van der Waals surface area contributed by atoms with Gasteiger partial charge in [0.1, 0.15) is 5.75 Å². The number of carbonyl (C=O) groups excluding carboxylic acids is 2. The Hall–Kier alpha value is -2.82. The van der Waals surface area contributed by atoms with E-state index in [1.54, 1.807) is 19.1 Å². The molecular formula is C26H34N2O3. The van der Waals surface area contributed by atoms with Crippen molar-refractivity contribution in [2.24, 2.45) is 0 Å². The molecule has 2 N–H and O–H groups in total. The summed E-state index contributed by atoms with van der Waals surface area (Å²) in [6, 6.07) is 15.2. The Labute approximate surface area is 185 Å². The zero-order valence-corrected chi connectivity index (χ0v) is 18.8. The Balaban J connectivity index is 1.67. The fraction of sp³-hybridized carbons (Fsp3) is 0.462. The molecule has 0 heterocycles. The van der Waals surface area contributed by atoms with Crippen molar-refractivity contribution in [2.75, 3.05) is 5.32 Å². The number of hydrogen-bond acceptors (Lipinski definition) is 3. The lowest BCUT2D eigenvalue weighted by molar-refractivity contribution is -0.122. The van der Waals surface area contributed by atoms with E-state index in [2.05, 4.69) is 24.5 Å². The first-order valence-electron chi connectivity index (χ1n) is 11.5. The second-order valence-electron chi connectivity index (χ2n) is 8.45. The first-order valence-corrected chi connectivity index (χ1v) is 11.5. The molecule has 2 aromatic carbocycles. The summed E-state index contributed by atoms with van der Waals surface area (Å²) >= 11 is 0. The van der Waals surface area contributed by atoms with Gasteiger partial charge in [-0.3, -0.25) is 9.59 Å². The molecule has 0 aliphatic heterocycles. The lowest BCUT2D eigenvalue weighted by Gasteiger charge is -2.23. The van der Waals surface area contributed by atoms with E-state index < -0.39 is 6.10 Å². The number of rotatable bonds is 8. The van der Waals surface area contributed by atoms with Crippen LogP contribution in [0.15, 0.2) is 48.5 Å². The van der Waals surface area contributed by atoms with E-state index in [1.165, 1.54) is 6.42 Å². The average molecular weight is 423 g/mol. The molecule has 166 valence electrons. The second kappa shape index (κ2) is 11.0. The van der Waals surface area contributed by atoms with E-state index in [4.69, 9.17) is 4.74 Å². The van der Waals surface area contributed by atoms with E-state index in [9.17, 15) is 9.59 Å². The van der Waals surface area contributed by atoms with Gasteiger partial charge in [-0.25, -0.2) is 0 Å². The summed E-state index contributed by atoms with van der Waals surface area (Å²) in [5, 5.41) is 6.01. The maximum Gasteiger partial charge on any atom is 0.265 e. The molecule has 1 aliphatic carbocycles. The quantitative estimate of drug-likeness (QED) is 0.576. The molecule has 0 bridgehead atoms. The zero-order valence-electron chi connectivity index (χ0n) is 18.8. The minimum Gasteiger partial charge on any atom is -0.481 e. The van der Waals surface area contributed by atoms with Crippen LogP contribution in [-0.4, -0.2) is 24.0 Å². The number of benzene rings is 2. The Morgan fingerprint density at radius 2 is 1.68 bits per heavy atom. The van der Waals surface area contributed by atoms with Gasteiger partial charge in [-0.15, -0.1) is 0 Å². The number of hydrogen-bond donors (Lipinski definition) is 2. The first kappa shape index (κ1) is 22.9. The third kappa shape index (κ3) is 6.09. The molecule has 3 rings (SSSR count). The molecule has 1 aliphatic rings. The third-order valence-corrected chi connectivity index (χ3v) is 6.11. The standard InChI is InChI=1S/C26H34N2O3/c1-4-18(2)21-14-9-11-17-24(21)31-19(3)25(29)28-23-16-10-8-15-22(23)26(30)27-20-12-6-5-7-13-20/h8-11,14-20H,4-7,12-13H2,1-3H3,(H,27,30)(H,28,29). The predicted molar refractivity (Wildman–Crippen MR) is 125 cm³/mol. The second-order valence-corrected chi connectivity index (χ2v) is 8.45. The van der Waals surface area contributed by atoms with Crippen LogP contribution < -0.4 is 15.4 Å². The van der Waals surface area contributed by atoms with Crippen molar-refractivity contribution in [1.82, 2.24) is 5.32 Å². The Bertz CT molecular complexity index is 890. The van der Waals surface area contributed by atoms with Crippen LogP contribution >= 0.6 is 0 Å². The van der Waals surface area contributed by atoms with Gasteiger partial charge in [0.15, 0.2) is 6.10 Å². The van der Waals surface area contributed by atoms with E-state index >= 15 is 0 Å². The summed E-state index contributed by atoms with van der Waals surface area (Å²) in [4.78, 5) is 25.7. The third-order valence-electron chi connectivity index (χ3n) is 6.11. The summed E-state index contributed by atoms with van der Waals surface area (Å²) in [6.45, 7) is 6.01. The molecule has 2 atom stereocenters. The Morgan fingerprint density at radius 1 is 1.00 bits per heavy atom. The number of nitrogens with one attached hydrogen (secondary N) is 2. The molecule has 0 spiro atoms. The van der Waals surface area contributed by atoms with Gasteiger partial charge in [-0.2, -0.15) is 0 Å². The minimum atomic E-state index is -0.695. The number of para-hydroxylation sites is 2. The van der Waals surface area contributed by atoms with Crippen molar-refractivity contribution in [3.05, 3.63) is 59.7 Å². The van der Waals surface area contributed by atoms with Crippen molar-refractivity contribution in [3.8, 4) is 5.75 Å². The molecule has 31 heavy (non-hydrogen) atoms. The molecule has 5 heteroatoms. The smallest absolute Gasteiger partial charge is 0.265 e. The predicted octanol–water partition coefficient (Wildman–Crippen LogP) is 5.67. The average Bonchev–Trinajstić information content (AvgIpc) is 2.79. The number of amides is 2. The van der Waals surface area contributed by atoms with Crippen LogP contribution in [0, 0.1) is 0 Å². The fourth-order valence-corrected chi connectivity index (χ4v) is 3.99. The first-order chi connectivity index (χ1) is 15.0. The van der Waals surface area contributed by atoms with Gasteiger partial charge in [-0.05, 0) is 55.9 Å². The van der Waals surface area contributed by atoms with E-state index in [0.717, 1.165) is 43.4 Å². The highest BCUT2D eigenvalue weighted by Crippen LogP contribution is 2.29. The normalized spacial score (nSPS) is 16.2. The molecule has 1 fully saturated rings. The monoisotopic (exact) mass is 422 g/mol. The van der Waals surface area contributed by atoms with Crippen LogP contribution in [0.1, 0.15) is 81.1 Å². The van der Waals surface area contributed by atoms with Crippen molar-refractivity contribution >= 4 is 17.5 Å². The van der Waals surface area contributed by atoms with E-state index in [0.29, 0.717) is 17.2 Å². The molecule has 0 saturated heterocycles. The molecule has 5 nitrogen and oxygen atoms in total. The molecule has 2 amide bonds. The van der Waals surface area contributed by atoms with Crippen LogP contribution in [0.2, 0.25) is 0 Å². The molecule has 2 aromatic rings. The lowest BCUT2D eigenvalue weighted by atomic mass is 9.95. The van der Waals surface area contributed by atoms with Crippen molar-refractivity contribution in [2.45, 2.75) is 77.4 Å². The van der Waals surface area contributed by atoms with E-state index in [1.807, 2.05) is 36.4 Å². The van der Waals surface area contributed by atoms with E-state index in [-0.39, 0.29) is 17.9 Å². The van der Waals surface area contributed by atoms with Gasteiger partial charge in [0.2, 0.25) is 0 Å². The van der Waals surface area contributed by atoms with Gasteiger partial charge in [-0.1, -0.05) is 63.4 Å². The molecule has 1 saturated carbocycles. The van der Waals surface area contributed by atoms with Crippen LogP contribution in [-0.2, 0) is 4.79 Å². The van der Waals surface area contributed by atoms with Crippen LogP contribution in [0.3, 0.4) is 0 Å². The number of ether oxygens (including phenoxy) is 1. The van der Waals surface area contributed by atoms with Gasteiger partial charge in [0.25, 0.3) is 11.8 Å². The van der Waals surface area contributed by atoms with Gasteiger partial charge in [0, 0.05) is 6.04 Å². The van der Waals surface area contributed by atoms with Crippen molar-refractivity contribution in [3.63, 3.8) is 0 Å². The van der Waals surface area contributed by atoms with Gasteiger partial charge >= 0.3 is 0 Å². The molecule has 2 unspecified atom stereocenters. The largest absolute Gasteiger partial charge is 0.481 e.